The Hall–Kier alpha value is -1.40. The van der Waals surface area contributed by atoms with Gasteiger partial charge in [-0.2, -0.15) is 0 Å². The lowest BCUT2D eigenvalue weighted by Gasteiger charge is -2.23. The molecule has 2 N–H and O–H groups in total. The molecule has 1 amide bonds. The molecule has 3 atom stereocenters. The highest BCUT2D eigenvalue weighted by Gasteiger charge is 2.40. The molecule has 0 unspecified atom stereocenters. The first kappa shape index (κ1) is 14.5. The number of carbonyl (C=O) groups is 1. The summed E-state index contributed by atoms with van der Waals surface area (Å²) in [5.41, 5.74) is 0.397. The number of amides is 1. The molecule has 0 aromatic heterocycles. The van der Waals surface area contributed by atoms with Crippen LogP contribution in [0.15, 0.2) is 29.2 Å². The Morgan fingerprint density at radius 3 is 2.67 bits per heavy atom. The number of fused-ring (bicyclic) bond motifs is 2. The van der Waals surface area contributed by atoms with Gasteiger partial charge in [-0.15, -0.1) is 0 Å². The second-order valence-electron chi connectivity index (χ2n) is 5.99. The SMILES string of the molecule is CNS(=O)(=O)c1cccc(C(=O)N[C@@H]2C[C@@H]3CC[C@@H]2C3)c1. The molecule has 0 saturated heterocycles. The number of hydrogen-bond donors (Lipinski definition) is 2. The van der Waals surface area contributed by atoms with Crippen LogP contribution in [0.4, 0.5) is 0 Å². The predicted molar refractivity (Wildman–Crippen MR) is 79.4 cm³/mol. The minimum absolute atomic E-state index is 0.116. The van der Waals surface area contributed by atoms with E-state index in [0.29, 0.717) is 11.5 Å². The number of sulfonamides is 1. The minimum atomic E-state index is -3.52. The maximum absolute atomic E-state index is 12.3. The fourth-order valence-electron chi connectivity index (χ4n) is 3.60. The van der Waals surface area contributed by atoms with Crippen LogP contribution in [0.2, 0.25) is 0 Å². The Labute approximate surface area is 125 Å². The topological polar surface area (TPSA) is 75.3 Å². The van der Waals surface area contributed by atoms with Gasteiger partial charge >= 0.3 is 0 Å². The van der Waals surface area contributed by atoms with Gasteiger partial charge in [-0.25, -0.2) is 13.1 Å². The van der Waals surface area contributed by atoms with E-state index in [1.807, 2.05) is 0 Å². The van der Waals surface area contributed by atoms with Gasteiger partial charge < -0.3 is 5.32 Å². The highest BCUT2D eigenvalue weighted by Crippen LogP contribution is 2.44. The molecule has 0 spiro atoms. The van der Waals surface area contributed by atoms with Crippen molar-refractivity contribution in [1.29, 1.82) is 0 Å². The largest absolute Gasteiger partial charge is 0.349 e. The van der Waals surface area contributed by atoms with Crippen LogP contribution < -0.4 is 10.0 Å². The molecule has 5 nitrogen and oxygen atoms in total. The molecule has 21 heavy (non-hydrogen) atoms. The zero-order valence-electron chi connectivity index (χ0n) is 12.0. The Morgan fingerprint density at radius 1 is 1.24 bits per heavy atom. The molecule has 0 radical (unpaired) electrons. The van der Waals surface area contributed by atoms with Crippen LogP contribution in [-0.2, 0) is 10.0 Å². The highest BCUT2D eigenvalue weighted by molar-refractivity contribution is 7.89. The van der Waals surface area contributed by atoms with Crippen LogP contribution in [-0.4, -0.2) is 27.4 Å². The van der Waals surface area contributed by atoms with Gasteiger partial charge in [-0.3, -0.25) is 4.79 Å². The zero-order valence-corrected chi connectivity index (χ0v) is 12.8. The fraction of sp³-hybridized carbons (Fsp3) is 0.533. The average Bonchev–Trinajstić information content (AvgIpc) is 3.10. The normalized spacial score (nSPS) is 27.8. The monoisotopic (exact) mass is 308 g/mol. The molecule has 3 rings (SSSR count). The van der Waals surface area contributed by atoms with Crippen molar-refractivity contribution in [2.45, 2.75) is 36.6 Å². The van der Waals surface area contributed by atoms with E-state index in [-0.39, 0.29) is 16.8 Å². The summed E-state index contributed by atoms with van der Waals surface area (Å²) < 4.78 is 25.8. The highest BCUT2D eigenvalue weighted by atomic mass is 32.2. The summed E-state index contributed by atoms with van der Waals surface area (Å²) in [7, 11) is -2.16. The third-order valence-electron chi connectivity index (χ3n) is 4.73. The number of nitrogens with one attached hydrogen (secondary N) is 2. The van der Waals surface area contributed by atoms with Gasteiger partial charge in [0.1, 0.15) is 0 Å². The van der Waals surface area contributed by atoms with Crippen LogP contribution in [0.1, 0.15) is 36.0 Å². The first-order chi connectivity index (χ1) is 9.99. The van der Waals surface area contributed by atoms with Crippen molar-refractivity contribution in [2.24, 2.45) is 11.8 Å². The summed E-state index contributed by atoms with van der Waals surface area (Å²) in [6.45, 7) is 0. The van der Waals surface area contributed by atoms with Gasteiger partial charge in [-0.1, -0.05) is 12.5 Å². The van der Waals surface area contributed by atoms with Crippen molar-refractivity contribution >= 4 is 15.9 Å². The number of rotatable bonds is 4. The van der Waals surface area contributed by atoms with Crippen molar-refractivity contribution in [3.63, 3.8) is 0 Å². The molecule has 6 heteroatoms. The molecular formula is C15H20N2O3S. The van der Waals surface area contributed by atoms with Crippen LogP contribution in [0.25, 0.3) is 0 Å². The van der Waals surface area contributed by atoms with E-state index in [2.05, 4.69) is 10.0 Å². The van der Waals surface area contributed by atoms with Gasteiger partial charge in [0.15, 0.2) is 0 Å². The van der Waals surface area contributed by atoms with Crippen molar-refractivity contribution in [3.8, 4) is 0 Å². The molecular weight excluding hydrogens is 288 g/mol. The van der Waals surface area contributed by atoms with E-state index in [0.717, 1.165) is 12.3 Å². The Bertz CT molecular complexity index is 657. The van der Waals surface area contributed by atoms with Crippen molar-refractivity contribution in [1.82, 2.24) is 10.0 Å². The first-order valence-electron chi connectivity index (χ1n) is 7.34. The van der Waals surface area contributed by atoms with Gasteiger partial charge in [0, 0.05) is 11.6 Å². The maximum Gasteiger partial charge on any atom is 0.251 e. The van der Waals surface area contributed by atoms with Crippen molar-refractivity contribution in [2.75, 3.05) is 7.05 Å². The summed E-state index contributed by atoms with van der Waals surface area (Å²) in [4.78, 5) is 12.4. The third-order valence-corrected chi connectivity index (χ3v) is 6.14. The van der Waals surface area contributed by atoms with E-state index >= 15 is 0 Å². The van der Waals surface area contributed by atoms with E-state index < -0.39 is 10.0 Å². The quantitative estimate of drug-likeness (QED) is 0.885. The number of carbonyl (C=O) groups excluding carboxylic acids is 1. The van der Waals surface area contributed by atoms with Crippen molar-refractivity contribution < 1.29 is 13.2 Å². The number of hydrogen-bond acceptors (Lipinski definition) is 3. The fourth-order valence-corrected chi connectivity index (χ4v) is 4.37. The maximum atomic E-state index is 12.3. The minimum Gasteiger partial charge on any atom is -0.349 e. The van der Waals surface area contributed by atoms with E-state index in [9.17, 15) is 13.2 Å². The second kappa shape index (κ2) is 5.42. The molecule has 2 saturated carbocycles. The van der Waals surface area contributed by atoms with E-state index in [1.54, 1.807) is 12.1 Å². The molecule has 1 aromatic rings. The average molecular weight is 308 g/mol. The third kappa shape index (κ3) is 2.82. The second-order valence-corrected chi connectivity index (χ2v) is 7.88. The predicted octanol–water partition coefficient (Wildman–Crippen LogP) is 1.51. The first-order valence-corrected chi connectivity index (χ1v) is 8.82. The molecule has 114 valence electrons. The van der Waals surface area contributed by atoms with Crippen molar-refractivity contribution in [3.05, 3.63) is 29.8 Å². The van der Waals surface area contributed by atoms with Gasteiger partial charge in [0.05, 0.1) is 4.90 Å². The molecule has 1 aromatic carbocycles. The molecule has 2 bridgehead atoms. The lowest BCUT2D eigenvalue weighted by atomic mass is 9.95. The smallest absolute Gasteiger partial charge is 0.251 e. The van der Waals surface area contributed by atoms with E-state index in [4.69, 9.17) is 0 Å². The summed E-state index contributed by atoms with van der Waals surface area (Å²) in [5, 5.41) is 3.07. The zero-order chi connectivity index (χ0) is 15.0. The van der Waals surface area contributed by atoms with Gasteiger partial charge in [-0.05, 0) is 56.3 Å². The summed E-state index contributed by atoms with van der Waals surface area (Å²) >= 11 is 0. The van der Waals surface area contributed by atoms with Gasteiger partial charge in [0.25, 0.3) is 5.91 Å². The lowest BCUT2D eigenvalue weighted by Crippen LogP contribution is -2.38. The Balaban J connectivity index is 1.75. The molecule has 2 fully saturated rings. The molecule has 2 aliphatic carbocycles. The summed E-state index contributed by atoms with van der Waals surface area (Å²) in [6.07, 6.45) is 4.76. The van der Waals surface area contributed by atoms with Crippen LogP contribution in [0.3, 0.4) is 0 Å². The van der Waals surface area contributed by atoms with Gasteiger partial charge in [0.2, 0.25) is 10.0 Å². The van der Waals surface area contributed by atoms with Crippen LogP contribution in [0.5, 0.6) is 0 Å². The van der Waals surface area contributed by atoms with Crippen LogP contribution >= 0.6 is 0 Å². The van der Waals surface area contributed by atoms with E-state index in [1.165, 1.54) is 38.4 Å². The Kier molecular flexibility index (Phi) is 3.75. The summed E-state index contributed by atoms with van der Waals surface area (Å²) in [5.74, 6) is 1.18. The van der Waals surface area contributed by atoms with Crippen LogP contribution in [0, 0.1) is 11.8 Å². The standard InChI is InChI=1S/C15H20N2O3S/c1-16-21(19,20)13-4-2-3-12(9-13)15(18)17-14-8-10-5-6-11(14)7-10/h2-4,9-11,14,16H,5-8H2,1H3,(H,17,18)/t10-,11-,14-/m1/s1. The molecule has 0 aliphatic heterocycles. The lowest BCUT2D eigenvalue weighted by molar-refractivity contribution is 0.0922. The Morgan fingerprint density at radius 2 is 2.05 bits per heavy atom. The molecule has 2 aliphatic rings. The number of benzene rings is 1. The summed E-state index contributed by atoms with van der Waals surface area (Å²) in [6, 6.07) is 6.41. The molecule has 0 heterocycles.